The molecule has 0 unspecified atom stereocenters. The Bertz CT molecular complexity index is 537. The Morgan fingerprint density at radius 3 is 2.65 bits per heavy atom. The van der Waals surface area contributed by atoms with E-state index in [-0.39, 0.29) is 5.54 Å². The number of nitrogens with one attached hydrogen (secondary N) is 1. The Hall–Kier alpha value is -0.570. The molecule has 0 atom stereocenters. The van der Waals surface area contributed by atoms with Crippen molar-refractivity contribution >= 4 is 33.0 Å². The Kier molecular flexibility index (Phi) is 3.48. The van der Waals surface area contributed by atoms with Crippen LogP contribution in [0.25, 0.3) is 10.1 Å². The van der Waals surface area contributed by atoms with Crippen LogP contribution in [0.1, 0.15) is 31.2 Å². The highest BCUT2D eigenvalue weighted by molar-refractivity contribution is 7.19. The normalized spacial score (nSPS) is 12.3. The molecular weight excluding hydrogens is 250 g/mol. The maximum absolute atomic E-state index is 6.04. The first-order valence-corrected chi connectivity index (χ1v) is 6.99. The molecule has 17 heavy (non-hydrogen) atoms. The van der Waals surface area contributed by atoms with Gasteiger partial charge in [0.1, 0.15) is 0 Å². The second-order valence-electron chi connectivity index (χ2n) is 5.39. The summed E-state index contributed by atoms with van der Waals surface area (Å²) in [4.78, 5) is 1.40. The zero-order chi connectivity index (χ0) is 12.6. The van der Waals surface area contributed by atoms with Crippen LogP contribution in [0.5, 0.6) is 0 Å². The van der Waals surface area contributed by atoms with E-state index in [9.17, 15) is 0 Å². The van der Waals surface area contributed by atoms with Gasteiger partial charge < -0.3 is 5.32 Å². The zero-order valence-electron chi connectivity index (χ0n) is 10.7. The minimum Gasteiger partial charge on any atom is -0.307 e. The lowest BCUT2D eigenvalue weighted by molar-refractivity contribution is 0.426. The van der Waals surface area contributed by atoms with Gasteiger partial charge in [-0.2, -0.15) is 0 Å². The summed E-state index contributed by atoms with van der Waals surface area (Å²) in [6.45, 7) is 9.66. The minimum atomic E-state index is 0.153. The Morgan fingerprint density at radius 2 is 2.00 bits per heavy atom. The molecule has 2 rings (SSSR count). The number of hydrogen-bond acceptors (Lipinski definition) is 2. The molecule has 0 fully saturated rings. The van der Waals surface area contributed by atoms with Gasteiger partial charge in [-0.1, -0.05) is 11.6 Å². The highest BCUT2D eigenvalue weighted by atomic mass is 35.5. The van der Waals surface area contributed by atoms with Crippen LogP contribution in [0.2, 0.25) is 5.02 Å². The lowest BCUT2D eigenvalue weighted by atomic mass is 10.1. The van der Waals surface area contributed by atoms with Gasteiger partial charge in [0.05, 0.1) is 0 Å². The van der Waals surface area contributed by atoms with Crippen molar-refractivity contribution in [3.63, 3.8) is 0 Å². The van der Waals surface area contributed by atoms with E-state index in [1.54, 1.807) is 0 Å². The predicted molar refractivity (Wildman–Crippen MR) is 78.2 cm³/mol. The van der Waals surface area contributed by atoms with Crippen LogP contribution >= 0.6 is 22.9 Å². The quantitative estimate of drug-likeness (QED) is 0.828. The second-order valence-corrected chi connectivity index (χ2v) is 6.97. The van der Waals surface area contributed by atoms with Crippen LogP contribution in [0.15, 0.2) is 18.2 Å². The second kappa shape index (κ2) is 4.60. The number of halogens is 1. The van der Waals surface area contributed by atoms with Gasteiger partial charge in [0.2, 0.25) is 0 Å². The number of aryl methyl sites for hydroxylation is 1. The SMILES string of the molecule is Cc1c(CNC(C)(C)C)sc2ccc(Cl)cc12. The molecule has 1 aromatic carbocycles. The molecule has 0 aliphatic rings. The number of benzene rings is 1. The minimum absolute atomic E-state index is 0.153. The van der Waals surface area contributed by atoms with Gasteiger partial charge in [-0.15, -0.1) is 11.3 Å². The molecule has 0 bridgehead atoms. The van der Waals surface area contributed by atoms with Crippen molar-refractivity contribution in [2.45, 2.75) is 39.8 Å². The fourth-order valence-corrected chi connectivity index (χ4v) is 3.06. The summed E-state index contributed by atoms with van der Waals surface area (Å²) in [7, 11) is 0. The maximum atomic E-state index is 6.04. The van der Waals surface area contributed by atoms with E-state index in [0.29, 0.717) is 0 Å². The number of thiophene rings is 1. The van der Waals surface area contributed by atoms with Gasteiger partial charge in [0.15, 0.2) is 0 Å². The molecule has 92 valence electrons. The van der Waals surface area contributed by atoms with Gasteiger partial charge in [0, 0.05) is 26.7 Å². The van der Waals surface area contributed by atoms with Crippen molar-refractivity contribution in [1.82, 2.24) is 5.32 Å². The van der Waals surface area contributed by atoms with Gasteiger partial charge in [-0.3, -0.25) is 0 Å². The third-order valence-electron chi connectivity index (χ3n) is 2.78. The Labute approximate surface area is 112 Å². The fourth-order valence-electron chi connectivity index (χ4n) is 1.76. The molecule has 0 radical (unpaired) electrons. The van der Waals surface area contributed by atoms with Crippen LogP contribution in [-0.4, -0.2) is 5.54 Å². The van der Waals surface area contributed by atoms with Crippen molar-refractivity contribution in [2.75, 3.05) is 0 Å². The molecule has 3 heteroatoms. The fraction of sp³-hybridized carbons (Fsp3) is 0.429. The van der Waals surface area contributed by atoms with Gasteiger partial charge in [-0.25, -0.2) is 0 Å². The first kappa shape index (κ1) is 12.9. The van der Waals surface area contributed by atoms with Gasteiger partial charge in [-0.05, 0) is 56.8 Å². The van der Waals surface area contributed by atoms with E-state index in [1.165, 1.54) is 20.5 Å². The molecule has 0 saturated carbocycles. The van der Waals surface area contributed by atoms with E-state index in [4.69, 9.17) is 11.6 Å². The topological polar surface area (TPSA) is 12.0 Å². The largest absolute Gasteiger partial charge is 0.307 e. The average molecular weight is 268 g/mol. The summed E-state index contributed by atoms with van der Waals surface area (Å²) in [6, 6.07) is 6.13. The molecule has 0 amide bonds. The summed E-state index contributed by atoms with van der Waals surface area (Å²) >= 11 is 7.89. The zero-order valence-corrected chi connectivity index (χ0v) is 12.3. The summed E-state index contributed by atoms with van der Waals surface area (Å²) in [5, 5.41) is 5.63. The summed E-state index contributed by atoms with van der Waals surface area (Å²) in [5.41, 5.74) is 1.50. The predicted octanol–water partition coefficient (Wildman–Crippen LogP) is 4.75. The molecule has 0 aliphatic carbocycles. The van der Waals surface area contributed by atoms with E-state index >= 15 is 0 Å². The summed E-state index contributed by atoms with van der Waals surface area (Å²) in [6.07, 6.45) is 0. The smallest absolute Gasteiger partial charge is 0.0413 e. The molecule has 0 aliphatic heterocycles. The van der Waals surface area contributed by atoms with E-state index in [0.717, 1.165) is 11.6 Å². The highest BCUT2D eigenvalue weighted by Crippen LogP contribution is 2.32. The van der Waals surface area contributed by atoms with Crippen molar-refractivity contribution < 1.29 is 0 Å². The molecule has 1 nitrogen and oxygen atoms in total. The van der Waals surface area contributed by atoms with Crippen LogP contribution in [0.4, 0.5) is 0 Å². The number of fused-ring (bicyclic) bond motifs is 1. The van der Waals surface area contributed by atoms with Crippen LogP contribution in [0.3, 0.4) is 0 Å². The third kappa shape index (κ3) is 3.01. The van der Waals surface area contributed by atoms with Crippen LogP contribution < -0.4 is 5.32 Å². The molecule has 0 saturated heterocycles. The molecule has 0 spiro atoms. The monoisotopic (exact) mass is 267 g/mol. The molecule has 2 aromatic rings. The average Bonchev–Trinajstić information content (AvgIpc) is 2.52. The number of hydrogen-bond donors (Lipinski definition) is 1. The Morgan fingerprint density at radius 1 is 1.29 bits per heavy atom. The van der Waals surface area contributed by atoms with E-state index in [1.807, 2.05) is 17.4 Å². The van der Waals surface area contributed by atoms with Crippen LogP contribution in [-0.2, 0) is 6.54 Å². The number of rotatable bonds is 2. The molecule has 1 N–H and O–H groups in total. The molecular formula is C14H18ClNS. The molecule has 1 heterocycles. The van der Waals surface area contributed by atoms with Crippen LogP contribution in [0, 0.1) is 6.92 Å². The lowest BCUT2D eigenvalue weighted by Crippen LogP contribution is -2.34. The standard InChI is InChI=1S/C14H18ClNS/c1-9-11-7-10(15)5-6-12(11)17-13(9)8-16-14(2,3)4/h5-7,16H,8H2,1-4H3. The van der Waals surface area contributed by atoms with E-state index in [2.05, 4.69) is 45.1 Å². The van der Waals surface area contributed by atoms with E-state index < -0.39 is 0 Å². The highest BCUT2D eigenvalue weighted by Gasteiger charge is 2.12. The lowest BCUT2D eigenvalue weighted by Gasteiger charge is -2.20. The third-order valence-corrected chi connectivity index (χ3v) is 4.28. The van der Waals surface area contributed by atoms with Crippen molar-refractivity contribution in [3.05, 3.63) is 33.7 Å². The van der Waals surface area contributed by atoms with Gasteiger partial charge in [0.25, 0.3) is 0 Å². The summed E-state index contributed by atoms with van der Waals surface area (Å²) in [5.74, 6) is 0. The van der Waals surface area contributed by atoms with Gasteiger partial charge >= 0.3 is 0 Å². The summed E-state index contributed by atoms with van der Waals surface area (Å²) < 4.78 is 1.32. The van der Waals surface area contributed by atoms with Crippen molar-refractivity contribution in [2.24, 2.45) is 0 Å². The van der Waals surface area contributed by atoms with Crippen molar-refractivity contribution in [3.8, 4) is 0 Å². The first-order chi connectivity index (χ1) is 7.87. The Balaban J connectivity index is 2.33. The maximum Gasteiger partial charge on any atom is 0.0413 e. The van der Waals surface area contributed by atoms with Crippen molar-refractivity contribution in [1.29, 1.82) is 0 Å². The molecule has 1 aromatic heterocycles. The first-order valence-electron chi connectivity index (χ1n) is 5.79.